The Balaban J connectivity index is 1.30. The first-order chi connectivity index (χ1) is 33.6. The highest BCUT2D eigenvalue weighted by atomic mass is 16.7. The Hall–Kier alpha value is -5.90. The third kappa shape index (κ3) is 8.96. The Bertz CT molecular complexity index is 2560. The predicted octanol–water partition coefficient (Wildman–Crippen LogP) is 2.20. The molecular weight excluding hydrogens is 927 g/mol. The fraction of sp³-hybridized carbons (Fsp3) is 0.500. The van der Waals surface area contributed by atoms with Gasteiger partial charge in [-0.05, 0) is 54.8 Å². The molecule has 8 rings (SSSR count). The molecule has 0 radical (unpaired) electrons. The summed E-state index contributed by atoms with van der Waals surface area (Å²) >= 11 is 0. The van der Waals surface area contributed by atoms with Crippen molar-refractivity contribution in [2.45, 2.75) is 133 Å². The normalized spacial score (nSPS) is 34.8. The van der Waals surface area contributed by atoms with Crippen molar-refractivity contribution in [1.82, 2.24) is 5.32 Å². The summed E-state index contributed by atoms with van der Waals surface area (Å²) in [6, 6.07) is 22.6. The number of benzene rings is 3. The number of hydrogen-bond donors (Lipinski definition) is 6. The average molecular weight is 986 g/mol. The first-order valence-corrected chi connectivity index (χ1v) is 23.4. The second-order valence-electron chi connectivity index (χ2n) is 19.7. The summed E-state index contributed by atoms with van der Waals surface area (Å²) in [5.41, 5.74) is -7.76. The first kappa shape index (κ1) is 51.5. The minimum absolute atomic E-state index is 0.0120. The topological polar surface area (TPSA) is 280 Å². The van der Waals surface area contributed by atoms with Gasteiger partial charge in [0, 0.05) is 37.7 Å². The molecule has 5 aliphatic rings. The van der Waals surface area contributed by atoms with E-state index in [1.165, 1.54) is 39.8 Å². The maximum atomic E-state index is 16.2. The molecule has 3 aromatic rings. The summed E-state index contributed by atoms with van der Waals surface area (Å²) in [6.07, 6.45) is -17.9. The lowest BCUT2D eigenvalue weighted by Gasteiger charge is -2.68. The van der Waals surface area contributed by atoms with Gasteiger partial charge >= 0.3 is 23.9 Å². The SMILES string of the molecule is CC(=O)O[C@H]1C(=O)[C@]2(C)[C@@H](O[C@@H]3OC[C@@H](O)[C@H](O)[C@H]3O)C[C@H]3OC[C@@]3(OC(C)=O)[C@H]2[C@H](OC(=O)c2ccccc2)[C@]2(O)C[C@H](OC(=O)[C@H](O)[C@@H](NC(=O)c3ccccc3)c3ccccc3)C(C)=C1C2(C)C. The number of carbonyl (C=O) groups excluding carboxylic acids is 6. The molecule has 2 saturated heterocycles. The van der Waals surface area contributed by atoms with Gasteiger partial charge in [-0.25, -0.2) is 9.59 Å². The number of esters is 4. The number of ketones is 1. The maximum absolute atomic E-state index is 16.2. The Labute approximate surface area is 409 Å². The zero-order valence-electron chi connectivity index (χ0n) is 40.0. The molecule has 0 spiro atoms. The van der Waals surface area contributed by atoms with Crippen molar-refractivity contribution in [1.29, 1.82) is 0 Å². The molecule has 2 bridgehead atoms. The number of rotatable bonds is 12. The Morgan fingerprint density at radius 1 is 0.789 bits per heavy atom. The molecular formula is C52H59NO18. The van der Waals surface area contributed by atoms with E-state index in [0.29, 0.717) is 5.56 Å². The van der Waals surface area contributed by atoms with E-state index >= 15 is 4.79 Å². The van der Waals surface area contributed by atoms with Crippen LogP contribution in [0.25, 0.3) is 0 Å². The smallest absolute Gasteiger partial charge is 0.338 e. The van der Waals surface area contributed by atoms with Gasteiger partial charge in [-0.3, -0.25) is 19.2 Å². The fourth-order valence-corrected chi connectivity index (χ4v) is 11.4. The van der Waals surface area contributed by atoms with Crippen molar-refractivity contribution >= 4 is 35.6 Å². The van der Waals surface area contributed by atoms with E-state index < -0.39 is 150 Å². The quantitative estimate of drug-likeness (QED) is 0.0862. The van der Waals surface area contributed by atoms with Gasteiger partial charge in [0.2, 0.25) is 0 Å². The van der Waals surface area contributed by atoms with Crippen molar-refractivity contribution in [3.05, 3.63) is 119 Å². The van der Waals surface area contributed by atoms with Crippen LogP contribution in [0, 0.1) is 16.7 Å². The van der Waals surface area contributed by atoms with Crippen LogP contribution in [0.4, 0.5) is 0 Å². The zero-order chi connectivity index (χ0) is 51.4. The zero-order valence-corrected chi connectivity index (χ0v) is 40.0. The summed E-state index contributed by atoms with van der Waals surface area (Å²) in [4.78, 5) is 85.6. The van der Waals surface area contributed by atoms with E-state index in [2.05, 4.69) is 5.32 Å². The molecule has 0 aromatic heterocycles. The van der Waals surface area contributed by atoms with E-state index in [4.69, 9.17) is 33.2 Å². The molecule has 1 amide bonds. The molecule has 380 valence electrons. The second kappa shape index (κ2) is 19.6. The molecule has 6 N–H and O–H groups in total. The molecule has 15 atom stereocenters. The lowest BCUT2D eigenvalue weighted by molar-refractivity contribution is -0.366. The number of aliphatic hydroxyl groups excluding tert-OH is 4. The van der Waals surface area contributed by atoms with Crippen LogP contribution in [-0.2, 0) is 52.3 Å². The van der Waals surface area contributed by atoms with E-state index in [1.54, 1.807) is 78.9 Å². The number of nitrogens with one attached hydrogen (secondary N) is 1. The van der Waals surface area contributed by atoms with Gasteiger partial charge in [-0.1, -0.05) is 80.6 Å². The van der Waals surface area contributed by atoms with Crippen LogP contribution in [0.2, 0.25) is 0 Å². The van der Waals surface area contributed by atoms with Gasteiger partial charge in [0.1, 0.15) is 42.2 Å². The standard InChI is InChI=1S/C52H59NO18/c1-26-33(68-47(63)39(58)37(29-16-10-7-11-17-29)53-45(61)30-18-12-8-13-19-30)23-52(64)44(70-46(62)31-20-14-9-15-21-31)42-50(6,43(60)41(67-27(2)54)36(26)49(52,4)5)34(22-35-51(42,25-66-35)71-28(3)55)69-48-40(59)38(57)32(56)24-65-48/h7-21,32-35,37-42,44,48,56-59,64H,22-25H2,1-6H3,(H,53,61)/t32-,33+,34+,35-,37+,38+,39-,40-,41-,42+,44+,48+,50-,51+,52-/m1/s1. The summed E-state index contributed by atoms with van der Waals surface area (Å²) in [5.74, 6) is -7.31. The monoisotopic (exact) mass is 985 g/mol. The van der Waals surface area contributed by atoms with E-state index in [-0.39, 0.29) is 28.7 Å². The van der Waals surface area contributed by atoms with Crippen molar-refractivity contribution in [2.24, 2.45) is 16.7 Å². The van der Waals surface area contributed by atoms with Crippen molar-refractivity contribution in [3.8, 4) is 0 Å². The highest BCUT2D eigenvalue weighted by Crippen LogP contribution is 2.65. The molecule has 71 heavy (non-hydrogen) atoms. The van der Waals surface area contributed by atoms with Crippen molar-refractivity contribution in [2.75, 3.05) is 13.2 Å². The summed E-state index contributed by atoms with van der Waals surface area (Å²) in [6.45, 7) is 7.24. The van der Waals surface area contributed by atoms with Crippen LogP contribution in [0.1, 0.15) is 86.7 Å². The third-order valence-electron chi connectivity index (χ3n) is 15.2. The fourth-order valence-electron chi connectivity index (χ4n) is 11.4. The second-order valence-corrected chi connectivity index (χ2v) is 19.7. The first-order valence-electron chi connectivity index (χ1n) is 23.4. The minimum atomic E-state index is -2.51. The lowest BCUT2D eigenvalue weighted by Crippen LogP contribution is -2.82. The van der Waals surface area contributed by atoms with E-state index in [0.717, 1.165) is 13.8 Å². The molecule has 19 heteroatoms. The summed E-state index contributed by atoms with van der Waals surface area (Å²) < 4.78 is 43.1. The predicted molar refractivity (Wildman–Crippen MR) is 244 cm³/mol. The molecule has 3 aromatic carbocycles. The van der Waals surface area contributed by atoms with Gasteiger partial charge in [-0.15, -0.1) is 0 Å². The van der Waals surface area contributed by atoms with E-state index in [9.17, 15) is 49.5 Å². The molecule has 19 nitrogen and oxygen atoms in total. The number of carbonyl (C=O) groups is 6. The van der Waals surface area contributed by atoms with E-state index in [1.807, 2.05) is 0 Å². The summed E-state index contributed by atoms with van der Waals surface area (Å²) in [5, 5.41) is 60.8. The maximum Gasteiger partial charge on any atom is 0.338 e. The molecule has 2 aliphatic heterocycles. The van der Waals surface area contributed by atoms with Crippen LogP contribution in [0.15, 0.2) is 102 Å². The van der Waals surface area contributed by atoms with Gasteiger partial charge in [0.15, 0.2) is 29.9 Å². The van der Waals surface area contributed by atoms with Crippen molar-refractivity contribution in [3.63, 3.8) is 0 Å². The van der Waals surface area contributed by atoms with Crippen LogP contribution in [0.3, 0.4) is 0 Å². The van der Waals surface area contributed by atoms with Gasteiger partial charge in [-0.2, -0.15) is 0 Å². The largest absolute Gasteiger partial charge is 0.456 e. The van der Waals surface area contributed by atoms with Crippen molar-refractivity contribution < 1.29 is 87.5 Å². The number of fused-ring (bicyclic) bond motifs is 5. The minimum Gasteiger partial charge on any atom is -0.456 e. The number of hydrogen-bond acceptors (Lipinski definition) is 18. The number of amides is 1. The van der Waals surface area contributed by atoms with Gasteiger partial charge in [0.25, 0.3) is 5.91 Å². The van der Waals surface area contributed by atoms with Crippen LogP contribution < -0.4 is 5.32 Å². The average Bonchev–Trinajstić information content (AvgIpc) is 3.34. The number of Topliss-reactive ketones (excluding diaryl/α,β-unsaturated/α-hetero) is 1. The number of ether oxygens (including phenoxy) is 7. The highest BCUT2D eigenvalue weighted by Gasteiger charge is 2.79. The van der Waals surface area contributed by atoms with Gasteiger partial charge < -0.3 is 64.0 Å². The molecule has 2 saturated carbocycles. The Morgan fingerprint density at radius 2 is 1.39 bits per heavy atom. The highest BCUT2D eigenvalue weighted by molar-refractivity contribution is 5.96. The Kier molecular flexibility index (Phi) is 14.2. The molecule has 3 aliphatic carbocycles. The molecule has 2 heterocycles. The lowest BCUT2D eigenvalue weighted by atomic mass is 9.44. The molecule has 0 unspecified atom stereocenters. The van der Waals surface area contributed by atoms with Crippen LogP contribution in [-0.4, -0.2) is 147 Å². The third-order valence-corrected chi connectivity index (χ3v) is 15.2. The summed E-state index contributed by atoms with van der Waals surface area (Å²) in [7, 11) is 0. The van der Waals surface area contributed by atoms with Crippen LogP contribution >= 0.6 is 0 Å². The number of aliphatic hydroxyl groups is 5. The van der Waals surface area contributed by atoms with Crippen LogP contribution in [0.5, 0.6) is 0 Å². The molecule has 4 fully saturated rings. The van der Waals surface area contributed by atoms with Gasteiger partial charge in [0.05, 0.1) is 42.3 Å². The Morgan fingerprint density at radius 3 is 1.97 bits per heavy atom.